The molecule has 3 unspecified atom stereocenters. The molecular weight excluding hydrogens is 354 g/mol. The number of hydrogen-bond acceptors (Lipinski definition) is 4. The molecule has 2 amide bonds. The molecule has 3 N–H and O–H groups in total. The van der Waals surface area contributed by atoms with E-state index in [0.29, 0.717) is 22.9 Å². The van der Waals surface area contributed by atoms with Crippen LogP contribution in [0.2, 0.25) is 0 Å². The van der Waals surface area contributed by atoms with Gasteiger partial charge in [0.2, 0.25) is 5.91 Å². The van der Waals surface area contributed by atoms with Gasteiger partial charge in [-0.1, -0.05) is 23.8 Å². The number of nitrogens with one attached hydrogen (secondary N) is 3. The first-order valence-corrected chi connectivity index (χ1v) is 8.74. The van der Waals surface area contributed by atoms with E-state index in [1.165, 1.54) is 0 Å². The normalized spacial score (nSPS) is 25.9. The highest BCUT2D eigenvalue weighted by atomic mass is 35.5. The fourth-order valence-electron chi connectivity index (χ4n) is 3.40. The molecule has 4 rings (SSSR count). The van der Waals surface area contributed by atoms with Crippen LogP contribution in [-0.2, 0) is 16.0 Å². The Hall–Kier alpha value is -2.73. The van der Waals surface area contributed by atoms with Crippen LogP contribution < -0.4 is 20.7 Å². The summed E-state index contributed by atoms with van der Waals surface area (Å²) in [5.41, 5.74) is 2.13. The van der Waals surface area contributed by atoms with Gasteiger partial charge in [-0.2, -0.15) is 0 Å². The average molecular weight is 372 g/mol. The molecule has 1 aliphatic carbocycles. The number of benzene rings is 1. The van der Waals surface area contributed by atoms with Crippen LogP contribution >= 0.6 is 11.6 Å². The largest absolute Gasteiger partial charge is 0.497 e. The Bertz CT molecular complexity index is 875. The topological polar surface area (TPSA) is 79.5 Å². The smallest absolute Gasteiger partial charge is 0.267 e. The van der Waals surface area contributed by atoms with Gasteiger partial charge < -0.3 is 20.7 Å². The van der Waals surface area contributed by atoms with Gasteiger partial charge in [0.05, 0.1) is 18.8 Å². The minimum absolute atomic E-state index is 0.0171. The number of halogens is 1. The van der Waals surface area contributed by atoms with Crippen molar-refractivity contribution >= 4 is 29.1 Å². The van der Waals surface area contributed by atoms with Crippen LogP contribution in [0.3, 0.4) is 0 Å². The molecule has 1 aromatic carbocycles. The van der Waals surface area contributed by atoms with Crippen molar-refractivity contribution in [1.29, 1.82) is 0 Å². The number of amides is 2. The van der Waals surface area contributed by atoms with Crippen molar-refractivity contribution in [1.82, 2.24) is 10.6 Å². The summed E-state index contributed by atoms with van der Waals surface area (Å²) in [5, 5.41) is 9.45. The van der Waals surface area contributed by atoms with Crippen LogP contribution in [0, 0.1) is 5.92 Å². The van der Waals surface area contributed by atoms with E-state index < -0.39 is 6.04 Å². The van der Waals surface area contributed by atoms with E-state index in [0.717, 1.165) is 11.3 Å². The Morgan fingerprint density at radius 3 is 3.00 bits per heavy atom. The Labute approximate surface area is 155 Å². The molecule has 3 atom stereocenters. The van der Waals surface area contributed by atoms with E-state index >= 15 is 0 Å². The SMILES string of the molecule is COc1ccc2c(c1)CC(NC(=O)C1=CC3C=C(Cl)C=CC3N1)C(=O)N2. The van der Waals surface area contributed by atoms with Gasteiger partial charge in [-0.05, 0) is 35.9 Å². The van der Waals surface area contributed by atoms with E-state index in [9.17, 15) is 9.59 Å². The molecule has 26 heavy (non-hydrogen) atoms. The lowest BCUT2D eigenvalue weighted by molar-refractivity contribution is -0.124. The molecule has 0 spiro atoms. The second kappa shape index (κ2) is 6.53. The molecule has 0 fully saturated rings. The van der Waals surface area contributed by atoms with E-state index in [1.807, 2.05) is 30.4 Å². The standard InChI is InChI=1S/C19H18ClN3O3/c1-26-13-3-5-15-11(7-13)9-17(19(25)22-15)23-18(24)16-8-10-6-12(20)2-4-14(10)21-16/h2-8,10,14,17,21H,9H2,1H3,(H,22,25)(H,23,24). The summed E-state index contributed by atoms with van der Waals surface area (Å²) in [6, 6.07) is 4.84. The molecule has 0 saturated carbocycles. The molecule has 3 aliphatic rings. The monoisotopic (exact) mass is 371 g/mol. The first kappa shape index (κ1) is 16.7. The zero-order valence-electron chi connectivity index (χ0n) is 14.1. The van der Waals surface area contributed by atoms with Crippen LogP contribution in [-0.4, -0.2) is 31.0 Å². The fraction of sp³-hybridized carbons (Fsp3) is 0.263. The predicted octanol–water partition coefficient (Wildman–Crippen LogP) is 1.84. The Balaban J connectivity index is 1.47. The van der Waals surface area contributed by atoms with Gasteiger partial charge in [0.1, 0.15) is 11.8 Å². The number of allylic oxidation sites excluding steroid dienone is 2. The zero-order chi connectivity index (χ0) is 18.3. The quantitative estimate of drug-likeness (QED) is 0.757. The van der Waals surface area contributed by atoms with Crippen LogP contribution in [0.5, 0.6) is 5.75 Å². The van der Waals surface area contributed by atoms with Crippen molar-refractivity contribution in [3.05, 3.63) is 58.8 Å². The first-order valence-electron chi connectivity index (χ1n) is 8.36. The summed E-state index contributed by atoms with van der Waals surface area (Å²) in [5.74, 6) is 0.224. The molecule has 0 bridgehead atoms. The maximum absolute atomic E-state index is 12.6. The molecule has 2 aliphatic heterocycles. The molecule has 134 valence electrons. The lowest BCUT2D eigenvalue weighted by Gasteiger charge is -2.26. The summed E-state index contributed by atoms with van der Waals surface area (Å²) >= 11 is 6.01. The number of carbonyl (C=O) groups excluding carboxylic acids is 2. The highest BCUT2D eigenvalue weighted by Gasteiger charge is 2.32. The minimum atomic E-state index is -0.637. The summed E-state index contributed by atoms with van der Waals surface area (Å²) in [4.78, 5) is 24.9. The third-order valence-electron chi connectivity index (χ3n) is 4.77. The molecule has 0 aromatic heterocycles. The van der Waals surface area contributed by atoms with Crippen LogP contribution in [0.1, 0.15) is 5.56 Å². The molecule has 6 nitrogen and oxygen atoms in total. The van der Waals surface area contributed by atoms with Crippen molar-refractivity contribution in [3.8, 4) is 5.75 Å². The number of carbonyl (C=O) groups is 2. The molecule has 1 aromatic rings. The Morgan fingerprint density at radius 2 is 2.19 bits per heavy atom. The molecule has 0 saturated heterocycles. The third kappa shape index (κ3) is 3.08. The second-order valence-electron chi connectivity index (χ2n) is 6.48. The lowest BCUT2D eigenvalue weighted by atomic mass is 9.97. The molecule has 2 heterocycles. The van der Waals surface area contributed by atoms with Crippen LogP contribution in [0.15, 0.2) is 53.2 Å². The molecule has 0 radical (unpaired) electrons. The molecular formula is C19H18ClN3O3. The lowest BCUT2D eigenvalue weighted by Crippen LogP contribution is -2.49. The Kier molecular flexibility index (Phi) is 4.20. The van der Waals surface area contributed by atoms with Gasteiger partial charge in [0, 0.05) is 23.1 Å². The number of methoxy groups -OCH3 is 1. The Morgan fingerprint density at radius 1 is 1.35 bits per heavy atom. The highest BCUT2D eigenvalue weighted by Crippen LogP contribution is 2.28. The third-order valence-corrected chi connectivity index (χ3v) is 5.02. The fourth-order valence-corrected chi connectivity index (χ4v) is 3.62. The summed E-state index contributed by atoms with van der Waals surface area (Å²) in [6.45, 7) is 0. The summed E-state index contributed by atoms with van der Waals surface area (Å²) in [6.07, 6.45) is 7.89. The van der Waals surface area contributed by atoms with E-state index in [4.69, 9.17) is 16.3 Å². The second-order valence-corrected chi connectivity index (χ2v) is 6.92. The summed E-state index contributed by atoms with van der Waals surface area (Å²) < 4.78 is 5.23. The average Bonchev–Trinajstić information content (AvgIpc) is 3.05. The van der Waals surface area contributed by atoms with Gasteiger partial charge in [0.25, 0.3) is 5.91 Å². The zero-order valence-corrected chi connectivity index (χ0v) is 14.8. The van der Waals surface area contributed by atoms with E-state index in [2.05, 4.69) is 16.0 Å². The van der Waals surface area contributed by atoms with E-state index in [-0.39, 0.29) is 23.8 Å². The number of anilines is 1. The van der Waals surface area contributed by atoms with Crippen molar-refractivity contribution in [2.24, 2.45) is 5.92 Å². The summed E-state index contributed by atoms with van der Waals surface area (Å²) in [7, 11) is 1.59. The van der Waals surface area contributed by atoms with Crippen molar-refractivity contribution in [2.75, 3.05) is 12.4 Å². The number of rotatable bonds is 3. The van der Waals surface area contributed by atoms with Gasteiger partial charge >= 0.3 is 0 Å². The van der Waals surface area contributed by atoms with Crippen molar-refractivity contribution in [3.63, 3.8) is 0 Å². The van der Waals surface area contributed by atoms with Crippen molar-refractivity contribution in [2.45, 2.75) is 18.5 Å². The number of ether oxygens (including phenoxy) is 1. The van der Waals surface area contributed by atoms with E-state index in [1.54, 1.807) is 19.2 Å². The van der Waals surface area contributed by atoms with Crippen LogP contribution in [0.4, 0.5) is 5.69 Å². The minimum Gasteiger partial charge on any atom is -0.497 e. The number of hydrogen-bond donors (Lipinski definition) is 3. The first-order chi connectivity index (χ1) is 12.5. The highest BCUT2D eigenvalue weighted by molar-refractivity contribution is 6.31. The maximum Gasteiger partial charge on any atom is 0.267 e. The predicted molar refractivity (Wildman–Crippen MR) is 98.8 cm³/mol. The van der Waals surface area contributed by atoms with Gasteiger partial charge in [0.15, 0.2) is 0 Å². The van der Waals surface area contributed by atoms with Crippen molar-refractivity contribution < 1.29 is 14.3 Å². The van der Waals surface area contributed by atoms with Gasteiger partial charge in [-0.25, -0.2) is 0 Å². The maximum atomic E-state index is 12.6. The van der Waals surface area contributed by atoms with Gasteiger partial charge in [-0.15, -0.1) is 0 Å². The van der Waals surface area contributed by atoms with Crippen LogP contribution in [0.25, 0.3) is 0 Å². The van der Waals surface area contributed by atoms with Gasteiger partial charge in [-0.3, -0.25) is 9.59 Å². The number of fused-ring (bicyclic) bond motifs is 2. The molecule has 7 heteroatoms.